The van der Waals surface area contributed by atoms with Crippen LogP contribution < -0.4 is 10.1 Å². The van der Waals surface area contributed by atoms with Crippen molar-refractivity contribution in [3.63, 3.8) is 0 Å². The lowest BCUT2D eigenvalue weighted by Crippen LogP contribution is -2.38. The second kappa shape index (κ2) is 11.6. The first-order valence-corrected chi connectivity index (χ1v) is 11.6. The van der Waals surface area contributed by atoms with E-state index in [-0.39, 0.29) is 24.5 Å². The molecule has 0 saturated heterocycles. The summed E-state index contributed by atoms with van der Waals surface area (Å²) in [6, 6.07) is 9.62. The smallest absolute Gasteiger partial charge is 0.416 e. The standard InChI is InChI=1S/C27H28F3N3O5/c1-16-13-17(5-10-22(16)38-26(2,3)25(35)36)14-32-24(34)20-15-31-23(33-21(20)11-12-37-4)18-6-8-19(9-7-18)27(28,29)30/h5-10,13,15H,11-12,14H2,1-4H3,(H,32,34)(H,35,36). The number of nitrogens with zero attached hydrogens (tertiary/aromatic N) is 2. The molecule has 11 heteroatoms. The van der Waals surface area contributed by atoms with E-state index >= 15 is 0 Å². The van der Waals surface area contributed by atoms with Gasteiger partial charge < -0.3 is 19.9 Å². The number of aromatic nitrogens is 2. The second-order valence-corrected chi connectivity index (χ2v) is 9.07. The highest BCUT2D eigenvalue weighted by Crippen LogP contribution is 2.30. The molecule has 2 aromatic carbocycles. The monoisotopic (exact) mass is 531 g/mol. The molecular formula is C27H28F3N3O5. The molecule has 0 aliphatic carbocycles. The molecule has 0 saturated carbocycles. The van der Waals surface area contributed by atoms with Crippen molar-refractivity contribution in [1.29, 1.82) is 0 Å². The number of carbonyl (C=O) groups is 2. The van der Waals surface area contributed by atoms with Crippen LogP contribution in [0.5, 0.6) is 5.75 Å². The zero-order chi connectivity index (χ0) is 28.1. The minimum atomic E-state index is -4.45. The van der Waals surface area contributed by atoms with Crippen LogP contribution in [0.1, 0.15) is 46.6 Å². The average molecular weight is 532 g/mol. The third-order valence-electron chi connectivity index (χ3n) is 5.70. The summed E-state index contributed by atoms with van der Waals surface area (Å²) in [5.74, 6) is -0.914. The molecule has 0 aliphatic rings. The van der Waals surface area contributed by atoms with Crippen molar-refractivity contribution in [1.82, 2.24) is 15.3 Å². The van der Waals surface area contributed by atoms with Gasteiger partial charge in [-0.3, -0.25) is 4.79 Å². The third kappa shape index (κ3) is 7.06. The quantitative estimate of drug-likeness (QED) is 0.386. The van der Waals surface area contributed by atoms with Gasteiger partial charge in [-0.05, 0) is 50.1 Å². The van der Waals surface area contributed by atoms with Gasteiger partial charge >= 0.3 is 12.1 Å². The van der Waals surface area contributed by atoms with Gasteiger partial charge in [0.25, 0.3) is 5.91 Å². The van der Waals surface area contributed by atoms with E-state index in [4.69, 9.17) is 9.47 Å². The minimum Gasteiger partial charge on any atom is -0.478 e. The number of hydrogen-bond donors (Lipinski definition) is 2. The van der Waals surface area contributed by atoms with Crippen LogP contribution >= 0.6 is 0 Å². The minimum absolute atomic E-state index is 0.173. The number of carbonyl (C=O) groups excluding carboxylic acids is 1. The van der Waals surface area contributed by atoms with Crippen molar-refractivity contribution in [2.24, 2.45) is 0 Å². The first-order chi connectivity index (χ1) is 17.8. The van der Waals surface area contributed by atoms with E-state index in [0.29, 0.717) is 29.0 Å². The lowest BCUT2D eigenvalue weighted by molar-refractivity contribution is -0.152. The number of rotatable bonds is 10. The number of hydrogen-bond acceptors (Lipinski definition) is 6. The summed E-state index contributed by atoms with van der Waals surface area (Å²) in [4.78, 5) is 32.9. The third-order valence-corrected chi connectivity index (χ3v) is 5.70. The molecule has 1 heterocycles. The molecule has 38 heavy (non-hydrogen) atoms. The Balaban J connectivity index is 1.76. The Morgan fingerprint density at radius 3 is 2.34 bits per heavy atom. The van der Waals surface area contributed by atoms with E-state index in [1.165, 1.54) is 39.3 Å². The number of nitrogens with one attached hydrogen (secondary N) is 1. The molecule has 8 nitrogen and oxygen atoms in total. The van der Waals surface area contributed by atoms with Crippen molar-refractivity contribution < 1.29 is 37.3 Å². The van der Waals surface area contributed by atoms with Gasteiger partial charge in [-0.25, -0.2) is 14.8 Å². The van der Waals surface area contributed by atoms with Gasteiger partial charge in [-0.1, -0.05) is 24.3 Å². The lowest BCUT2D eigenvalue weighted by Gasteiger charge is -2.23. The van der Waals surface area contributed by atoms with Gasteiger partial charge in [0.1, 0.15) is 5.75 Å². The number of carboxylic acids is 1. The first kappa shape index (κ1) is 28.6. The van der Waals surface area contributed by atoms with Crippen LogP contribution in [-0.4, -0.2) is 46.3 Å². The predicted molar refractivity (Wildman–Crippen MR) is 133 cm³/mol. The molecule has 0 radical (unpaired) electrons. The number of methoxy groups -OCH3 is 1. The number of ether oxygens (including phenoxy) is 2. The van der Waals surface area contributed by atoms with Crippen molar-refractivity contribution >= 4 is 11.9 Å². The van der Waals surface area contributed by atoms with Crippen molar-refractivity contribution in [3.05, 3.63) is 76.6 Å². The zero-order valence-corrected chi connectivity index (χ0v) is 21.3. The van der Waals surface area contributed by atoms with Crippen molar-refractivity contribution in [2.45, 2.75) is 45.5 Å². The van der Waals surface area contributed by atoms with E-state index in [2.05, 4.69) is 15.3 Å². The summed E-state index contributed by atoms with van der Waals surface area (Å²) < 4.78 is 49.4. The van der Waals surface area contributed by atoms with Crippen LogP contribution in [0.4, 0.5) is 13.2 Å². The molecule has 1 aromatic heterocycles. The summed E-state index contributed by atoms with van der Waals surface area (Å²) in [6.07, 6.45) is -2.82. The van der Waals surface area contributed by atoms with E-state index in [0.717, 1.165) is 17.7 Å². The Hall–Kier alpha value is -3.99. The summed E-state index contributed by atoms with van der Waals surface area (Å²) >= 11 is 0. The van der Waals surface area contributed by atoms with Crippen LogP contribution in [-0.2, 0) is 28.7 Å². The number of alkyl halides is 3. The fraction of sp³-hybridized carbons (Fsp3) is 0.333. The Kier molecular flexibility index (Phi) is 8.72. The maximum atomic E-state index is 13.0. The van der Waals surface area contributed by atoms with E-state index in [1.807, 2.05) is 0 Å². The second-order valence-electron chi connectivity index (χ2n) is 9.07. The Bertz CT molecular complexity index is 1310. The molecule has 0 bridgehead atoms. The highest BCUT2D eigenvalue weighted by molar-refractivity contribution is 5.95. The maximum absolute atomic E-state index is 13.0. The topological polar surface area (TPSA) is 111 Å². The summed E-state index contributed by atoms with van der Waals surface area (Å²) in [5.41, 5.74) is 0.284. The predicted octanol–water partition coefficient (Wildman–Crippen LogP) is 4.83. The molecule has 0 spiro atoms. The molecular weight excluding hydrogens is 503 g/mol. The molecule has 0 aliphatic heterocycles. The number of amides is 1. The Morgan fingerprint density at radius 1 is 1.08 bits per heavy atom. The van der Waals surface area contributed by atoms with Crippen LogP contribution in [0, 0.1) is 6.92 Å². The molecule has 0 fully saturated rings. The fourth-order valence-corrected chi connectivity index (χ4v) is 3.48. The molecule has 3 rings (SSSR count). The number of aliphatic carboxylic acids is 1. The zero-order valence-electron chi connectivity index (χ0n) is 21.3. The average Bonchev–Trinajstić information content (AvgIpc) is 2.86. The van der Waals surface area contributed by atoms with Gasteiger partial charge in [0, 0.05) is 31.8 Å². The molecule has 2 N–H and O–H groups in total. The highest BCUT2D eigenvalue weighted by Gasteiger charge is 2.31. The van der Waals surface area contributed by atoms with Gasteiger partial charge in [-0.2, -0.15) is 13.2 Å². The van der Waals surface area contributed by atoms with E-state index < -0.39 is 29.2 Å². The molecule has 1 amide bonds. The number of carboxylic acid groups (broad SMARTS) is 1. The summed E-state index contributed by atoms with van der Waals surface area (Å²) in [7, 11) is 1.50. The molecule has 0 atom stereocenters. The van der Waals surface area contributed by atoms with Crippen LogP contribution in [0.15, 0.2) is 48.7 Å². The van der Waals surface area contributed by atoms with E-state index in [9.17, 15) is 27.9 Å². The van der Waals surface area contributed by atoms with Crippen LogP contribution in [0.25, 0.3) is 11.4 Å². The summed E-state index contributed by atoms with van der Waals surface area (Å²) in [6.45, 7) is 5.13. The number of benzene rings is 2. The summed E-state index contributed by atoms with van der Waals surface area (Å²) in [5, 5.41) is 12.1. The fourth-order valence-electron chi connectivity index (χ4n) is 3.48. The largest absolute Gasteiger partial charge is 0.478 e. The Labute approximate surface area is 217 Å². The maximum Gasteiger partial charge on any atom is 0.416 e. The number of aryl methyl sites for hydroxylation is 1. The number of halogens is 3. The highest BCUT2D eigenvalue weighted by atomic mass is 19.4. The van der Waals surface area contributed by atoms with E-state index in [1.54, 1.807) is 25.1 Å². The normalized spacial score (nSPS) is 11.8. The SMILES string of the molecule is COCCc1nc(-c2ccc(C(F)(F)F)cc2)ncc1C(=O)NCc1ccc(OC(C)(C)C(=O)O)c(C)c1. The van der Waals surface area contributed by atoms with Gasteiger partial charge in [-0.15, -0.1) is 0 Å². The van der Waals surface area contributed by atoms with Crippen molar-refractivity contribution in [2.75, 3.05) is 13.7 Å². The molecule has 202 valence electrons. The van der Waals surface area contributed by atoms with Crippen molar-refractivity contribution in [3.8, 4) is 17.1 Å². The Morgan fingerprint density at radius 2 is 1.76 bits per heavy atom. The molecule has 0 unspecified atom stereocenters. The lowest BCUT2D eigenvalue weighted by atomic mass is 10.1. The van der Waals surface area contributed by atoms with Crippen LogP contribution in [0.3, 0.4) is 0 Å². The van der Waals surface area contributed by atoms with Crippen LogP contribution in [0.2, 0.25) is 0 Å². The van der Waals surface area contributed by atoms with Gasteiger partial charge in [0.15, 0.2) is 11.4 Å². The first-order valence-electron chi connectivity index (χ1n) is 11.6. The molecule has 3 aromatic rings. The van der Waals surface area contributed by atoms with Gasteiger partial charge in [0.05, 0.1) is 23.4 Å². The van der Waals surface area contributed by atoms with Gasteiger partial charge in [0.2, 0.25) is 0 Å².